The zero-order valence-electron chi connectivity index (χ0n) is 15.3. The molecule has 0 saturated carbocycles. The fourth-order valence-corrected chi connectivity index (χ4v) is 3.42. The largest absolute Gasteiger partial charge is 0.356 e. The van der Waals surface area contributed by atoms with E-state index in [1.54, 1.807) is 30.5 Å². The third kappa shape index (κ3) is 5.55. The maximum absolute atomic E-state index is 5.90. The van der Waals surface area contributed by atoms with Gasteiger partial charge in [-0.1, -0.05) is 29.7 Å². The second-order valence-corrected chi connectivity index (χ2v) is 7.48. The normalized spacial score (nSPS) is 12.8. The average Bonchev–Trinajstić information content (AvgIpc) is 3.37. The van der Waals surface area contributed by atoms with Gasteiger partial charge in [0, 0.05) is 47.9 Å². The minimum absolute atomic E-state index is 0.432. The minimum Gasteiger partial charge on any atom is -0.356 e. The van der Waals surface area contributed by atoms with Gasteiger partial charge in [-0.25, -0.2) is 0 Å². The molecule has 142 valence electrons. The zero-order chi connectivity index (χ0) is 19.1. The first kappa shape index (κ1) is 19.4. The van der Waals surface area contributed by atoms with Gasteiger partial charge in [-0.15, -0.1) is 11.3 Å². The van der Waals surface area contributed by atoms with E-state index in [0.717, 1.165) is 18.1 Å². The Morgan fingerprint density at radius 3 is 2.78 bits per heavy atom. The van der Waals surface area contributed by atoms with Crippen molar-refractivity contribution in [1.29, 1.82) is 0 Å². The highest BCUT2D eigenvalue weighted by atomic mass is 35.5. The first-order valence-electron chi connectivity index (χ1n) is 8.72. The number of rotatable bonds is 7. The predicted octanol–water partition coefficient (Wildman–Crippen LogP) is 3.96. The Hall–Kier alpha value is -2.38. The van der Waals surface area contributed by atoms with Crippen LogP contribution in [0.1, 0.15) is 23.6 Å². The molecule has 3 rings (SSSR count). The van der Waals surface area contributed by atoms with Crippen molar-refractivity contribution >= 4 is 28.9 Å². The molecule has 8 heteroatoms. The number of benzene rings is 1. The Morgan fingerprint density at radius 1 is 1.26 bits per heavy atom. The van der Waals surface area contributed by atoms with Crippen molar-refractivity contribution in [2.24, 2.45) is 4.99 Å². The molecule has 0 bridgehead atoms. The van der Waals surface area contributed by atoms with E-state index in [4.69, 9.17) is 16.1 Å². The smallest absolute Gasteiger partial charge is 0.228 e. The lowest BCUT2D eigenvalue weighted by Crippen LogP contribution is -2.39. The lowest BCUT2D eigenvalue weighted by atomic mass is 10.1. The van der Waals surface area contributed by atoms with Crippen LogP contribution in [-0.2, 0) is 6.42 Å². The molecule has 1 atom stereocenters. The monoisotopic (exact) mass is 403 g/mol. The fourth-order valence-electron chi connectivity index (χ4n) is 2.50. The van der Waals surface area contributed by atoms with E-state index < -0.39 is 0 Å². The molecule has 2 heterocycles. The van der Waals surface area contributed by atoms with Crippen molar-refractivity contribution in [1.82, 2.24) is 20.8 Å². The molecule has 0 spiro atoms. The summed E-state index contributed by atoms with van der Waals surface area (Å²) >= 11 is 7.67. The molecule has 0 aliphatic rings. The minimum atomic E-state index is 0.432. The SMILES string of the molecule is CN=C(NCCc1nc(-c2ccc(Cl)cc2)no1)NCC(C)c1cccs1. The Labute approximate surface area is 167 Å². The molecule has 3 aromatic rings. The standard InChI is InChI=1S/C19H22ClN5OS/c1-13(16-4-3-11-27-16)12-23-19(21-2)22-10-9-17-24-18(25-26-17)14-5-7-15(20)8-6-14/h3-8,11,13H,9-10,12H2,1-2H3,(H2,21,22,23). The molecule has 0 radical (unpaired) electrons. The van der Waals surface area contributed by atoms with Gasteiger partial charge in [0.05, 0.1) is 0 Å². The van der Waals surface area contributed by atoms with Crippen LogP contribution < -0.4 is 10.6 Å². The zero-order valence-corrected chi connectivity index (χ0v) is 16.8. The van der Waals surface area contributed by atoms with Crippen LogP contribution in [-0.4, -0.2) is 36.2 Å². The number of hydrogen-bond acceptors (Lipinski definition) is 5. The number of aliphatic imine (C=N–C) groups is 1. The molecule has 0 aliphatic heterocycles. The number of nitrogens with one attached hydrogen (secondary N) is 2. The summed E-state index contributed by atoms with van der Waals surface area (Å²) in [5.74, 6) is 2.33. The molecular formula is C19H22ClN5OS. The van der Waals surface area contributed by atoms with Crippen LogP contribution in [0.25, 0.3) is 11.4 Å². The van der Waals surface area contributed by atoms with E-state index in [2.05, 4.69) is 50.2 Å². The molecule has 1 aromatic carbocycles. The Balaban J connectivity index is 1.45. The summed E-state index contributed by atoms with van der Waals surface area (Å²) in [6.45, 7) is 3.67. The van der Waals surface area contributed by atoms with Crippen LogP contribution in [0.2, 0.25) is 5.02 Å². The summed E-state index contributed by atoms with van der Waals surface area (Å²) in [7, 11) is 1.76. The van der Waals surface area contributed by atoms with Crippen molar-refractivity contribution < 1.29 is 4.52 Å². The fraction of sp³-hybridized carbons (Fsp3) is 0.316. The van der Waals surface area contributed by atoms with Crippen LogP contribution >= 0.6 is 22.9 Å². The summed E-state index contributed by atoms with van der Waals surface area (Å²) in [6, 6.07) is 11.6. The lowest BCUT2D eigenvalue weighted by Gasteiger charge is -2.14. The number of guanidine groups is 1. The quantitative estimate of drug-likeness (QED) is 0.461. The first-order valence-corrected chi connectivity index (χ1v) is 9.98. The van der Waals surface area contributed by atoms with Crippen molar-refractivity contribution in [3.8, 4) is 11.4 Å². The van der Waals surface area contributed by atoms with Crippen LogP contribution in [0.5, 0.6) is 0 Å². The van der Waals surface area contributed by atoms with Crippen molar-refractivity contribution in [2.45, 2.75) is 19.3 Å². The van der Waals surface area contributed by atoms with Crippen LogP contribution in [0.15, 0.2) is 51.3 Å². The summed E-state index contributed by atoms with van der Waals surface area (Å²) < 4.78 is 5.32. The van der Waals surface area contributed by atoms with Gasteiger partial charge in [-0.3, -0.25) is 4.99 Å². The number of aromatic nitrogens is 2. The predicted molar refractivity (Wildman–Crippen MR) is 111 cm³/mol. The molecule has 6 nitrogen and oxygen atoms in total. The molecular weight excluding hydrogens is 382 g/mol. The Kier molecular flexibility index (Phi) is 6.84. The molecule has 2 N–H and O–H groups in total. The average molecular weight is 404 g/mol. The van der Waals surface area contributed by atoms with E-state index in [9.17, 15) is 0 Å². The number of thiophene rings is 1. The van der Waals surface area contributed by atoms with Gasteiger partial charge >= 0.3 is 0 Å². The Bertz CT molecular complexity index is 861. The lowest BCUT2D eigenvalue weighted by molar-refractivity contribution is 0.378. The van der Waals surface area contributed by atoms with E-state index in [-0.39, 0.29) is 0 Å². The highest BCUT2D eigenvalue weighted by Crippen LogP contribution is 2.20. The van der Waals surface area contributed by atoms with Gasteiger partial charge in [0.25, 0.3) is 0 Å². The van der Waals surface area contributed by atoms with E-state index in [0.29, 0.717) is 35.6 Å². The van der Waals surface area contributed by atoms with Gasteiger partial charge in [-0.05, 0) is 35.7 Å². The van der Waals surface area contributed by atoms with Gasteiger partial charge < -0.3 is 15.2 Å². The summed E-state index contributed by atoms with van der Waals surface area (Å²) in [5, 5.41) is 13.4. The van der Waals surface area contributed by atoms with Crippen LogP contribution in [0, 0.1) is 0 Å². The number of hydrogen-bond donors (Lipinski definition) is 2. The van der Waals surface area contributed by atoms with E-state index >= 15 is 0 Å². The highest BCUT2D eigenvalue weighted by Gasteiger charge is 2.10. The highest BCUT2D eigenvalue weighted by molar-refractivity contribution is 7.10. The second kappa shape index (κ2) is 9.53. The molecule has 27 heavy (non-hydrogen) atoms. The van der Waals surface area contributed by atoms with Crippen molar-refractivity contribution in [2.75, 3.05) is 20.1 Å². The summed E-state index contributed by atoms with van der Waals surface area (Å²) in [5.41, 5.74) is 0.877. The van der Waals surface area contributed by atoms with Gasteiger partial charge in [0.2, 0.25) is 11.7 Å². The molecule has 0 amide bonds. The third-order valence-electron chi connectivity index (χ3n) is 4.03. The molecule has 0 fully saturated rings. The van der Waals surface area contributed by atoms with Gasteiger partial charge in [0.1, 0.15) is 0 Å². The summed E-state index contributed by atoms with van der Waals surface area (Å²) in [6.07, 6.45) is 0.613. The first-order chi connectivity index (χ1) is 13.2. The molecule has 0 aliphatic carbocycles. The topological polar surface area (TPSA) is 75.3 Å². The molecule has 1 unspecified atom stereocenters. The second-order valence-electron chi connectivity index (χ2n) is 6.06. The molecule has 2 aromatic heterocycles. The van der Waals surface area contributed by atoms with Crippen molar-refractivity contribution in [3.05, 3.63) is 57.6 Å². The van der Waals surface area contributed by atoms with E-state index in [1.165, 1.54) is 4.88 Å². The van der Waals surface area contributed by atoms with E-state index in [1.807, 2.05) is 12.1 Å². The van der Waals surface area contributed by atoms with Gasteiger partial charge in [0.15, 0.2) is 5.96 Å². The maximum atomic E-state index is 5.90. The third-order valence-corrected chi connectivity index (χ3v) is 5.39. The van der Waals surface area contributed by atoms with Crippen LogP contribution in [0.3, 0.4) is 0 Å². The number of nitrogens with zero attached hydrogens (tertiary/aromatic N) is 3. The Morgan fingerprint density at radius 2 is 2.07 bits per heavy atom. The number of halogens is 1. The maximum Gasteiger partial charge on any atom is 0.228 e. The summed E-state index contributed by atoms with van der Waals surface area (Å²) in [4.78, 5) is 10.0. The van der Waals surface area contributed by atoms with Crippen molar-refractivity contribution in [3.63, 3.8) is 0 Å². The molecule has 0 saturated heterocycles. The van der Waals surface area contributed by atoms with Gasteiger partial charge in [-0.2, -0.15) is 4.98 Å². The van der Waals surface area contributed by atoms with Crippen LogP contribution in [0.4, 0.5) is 0 Å².